The maximum Gasteiger partial charge on any atom is 0.270 e. The van der Waals surface area contributed by atoms with Gasteiger partial charge in [-0.15, -0.1) is 0 Å². The highest BCUT2D eigenvalue weighted by Crippen LogP contribution is 2.25. The lowest BCUT2D eigenvalue weighted by Gasteiger charge is -2.29. The average Bonchev–Trinajstić information content (AvgIpc) is 3.05. The Morgan fingerprint density at radius 2 is 1.84 bits per heavy atom. The molecule has 1 fully saturated rings. The largest absolute Gasteiger partial charge is 0.303 e. The number of thiocarbonyl (C=S) groups is 1. The zero-order chi connectivity index (χ0) is 22.1. The molecule has 0 atom stereocenters. The second-order valence-electron chi connectivity index (χ2n) is 7.33. The molecule has 0 radical (unpaired) electrons. The van der Waals surface area contributed by atoms with Crippen molar-refractivity contribution in [2.75, 3.05) is 4.90 Å². The number of carbonyl (C=O) groups excluding carboxylic acids is 2. The summed E-state index contributed by atoms with van der Waals surface area (Å²) in [6, 6.07) is 15.2. The van der Waals surface area contributed by atoms with Crippen LogP contribution in [-0.4, -0.2) is 26.5 Å². The molecule has 0 spiro atoms. The number of aromatic nitrogens is 2. The van der Waals surface area contributed by atoms with Crippen LogP contribution in [0.15, 0.2) is 60.3 Å². The molecule has 2 aromatic heterocycles. The summed E-state index contributed by atoms with van der Waals surface area (Å²) < 4.78 is 1.99. The van der Waals surface area contributed by atoms with E-state index in [9.17, 15) is 9.59 Å². The van der Waals surface area contributed by atoms with E-state index in [1.54, 1.807) is 12.3 Å². The van der Waals surface area contributed by atoms with Gasteiger partial charge in [-0.05, 0) is 80.0 Å². The minimum absolute atomic E-state index is 0.0365. The first-order chi connectivity index (χ1) is 14.9. The second-order valence-corrected chi connectivity index (χ2v) is 7.71. The fraction of sp³-hybridized carbons (Fsp3) is 0.167. The van der Waals surface area contributed by atoms with Crippen LogP contribution in [0.4, 0.5) is 5.69 Å². The maximum atomic E-state index is 13.3. The van der Waals surface area contributed by atoms with E-state index in [1.165, 1.54) is 4.90 Å². The molecule has 0 bridgehead atoms. The Kier molecular flexibility index (Phi) is 5.52. The van der Waals surface area contributed by atoms with Crippen molar-refractivity contribution < 1.29 is 9.59 Å². The number of hydrogen-bond donors (Lipinski definition) is 1. The van der Waals surface area contributed by atoms with Crippen LogP contribution in [0.1, 0.15) is 29.4 Å². The standard InChI is InChI=1S/C24H22N4O2S/c1-4-17-8-10-19(11-9-17)28-23(30)20(22(29)26-24(28)31)14-18-13-15(2)27(16(18)3)21-7-5-6-12-25-21/h5-14H,4H2,1-3H3,(H,26,29,31)/b20-14+. The van der Waals surface area contributed by atoms with Crippen LogP contribution in [0, 0.1) is 13.8 Å². The van der Waals surface area contributed by atoms with E-state index in [2.05, 4.69) is 17.2 Å². The van der Waals surface area contributed by atoms with E-state index in [0.29, 0.717) is 5.69 Å². The number of nitrogens with zero attached hydrogens (tertiary/aromatic N) is 3. The first-order valence-corrected chi connectivity index (χ1v) is 10.4. The third-order valence-electron chi connectivity index (χ3n) is 5.35. The predicted molar refractivity (Wildman–Crippen MR) is 125 cm³/mol. The predicted octanol–water partition coefficient (Wildman–Crippen LogP) is 3.88. The van der Waals surface area contributed by atoms with Crippen LogP contribution in [-0.2, 0) is 16.0 Å². The summed E-state index contributed by atoms with van der Waals surface area (Å²) in [4.78, 5) is 31.7. The van der Waals surface area contributed by atoms with Crippen molar-refractivity contribution in [2.45, 2.75) is 27.2 Å². The zero-order valence-electron chi connectivity index (χ0n) is 17.5. The van der Waals surface area contributed by atoms with Crippen molar-refractivity contribution in [3.05, 3.63) is 82.8 Å². The Labute approximate surface area is 186 Å². The van der Waals surface area contributed by atoms with Gasteiger partial charge in [0.1, 0.15) is 11.4 Å². The van der Waals surface area contributed by atoms with E-state index < -0.39 is 11.8 Å². The van der Waals surface area contributed by atoms with E-state index in [4.69, 9.17) is 12.2 Å². The average molecular weight is 431 g/mol. The lowest BCUT2D eigenvalue weighted by Crippen LogP contribution is -2.54. The van der Waals surface area contributed by atoms with Gasteiger partial charge in [0.2, 0.25) is 0 Å². The third kappa shape index (κ3) is 3.80. The monoisotopic (exact) mass is 430 g/mol. The van der Waals surface area contributed by atoms with Gasteiger partial charge in [0.05, 0.1) is 5.69 Å². The third-order valence-corrected chi connectivity index (χ3v) is 5.64. The van der Waals surface area contributed by atoms with Gasteiger partial charge in [-0.25, -0.2) is 4.98 Å². The van der Waals surface area contributed by atoms with Crippen molar-refractivity contribution in [1.29, 1.82) is 0 Å². The number of pyridine rings is 1. The van der Waals surface area contributed by atoms with Crippen LogP contribution in [0.5, 0.6) is 0 Å². The minimum Gasteiger partial charge on any atom is -0.303 e. The molecule has 0 unspecified atom stereocenters. The number of nitrogens with one attached hydrogen (secondary N) is 1. The molecule has 4 rings (SSSR count). The molecule has 1 N–H and O–H groups in total. The highest BCUT2D eigenvalue weighted by Gasteiger charge is 2.34. The van der Waals surface area contributed by atoms with E-state index in [1.807, 2.05) is 66.9 Å². The molecule has 3 heterocycles. The maximum absolute atomic E-state index is 13.3. The smallest absolute Gasteiger partial charge is 0.270 e. The zero-order valence-corrected chi connectivity index (χ0v) is 18.4. The second kappa shape index (κ2) is 8.28. The highest BCUT2D eigenvalue weighted by atomic mass is 32.1. The molecule has 1 aliphatic rings. The fourth-order valence-electron chi connectivity index (χ4n) is 3.70. The van der Waals surface area contributed by atoms with Gasteiger partial charge in [-0.2, -0.15) is 0 Å². The van der Waals surface area contributed by atoms with Crippen molar-refractivity contribution in [3.8, 4) is 5.82 Å². The number of aryl methyl sites for hydroxylation is 2. The SMILES string of the molecule is CCc1ccc(N2C(=O)/C(=C/c3cc(C)n(-c4ccccn4)c3C)C(=O)NC2=S)cc1. The van der Waals surface area contributed by atoms with Gasteiger partial charge in [0, 0.05) is 17.6 Å². The van der Waals surface area contributed by atoms with Crippen LogP contribution >= 0.6 is 12.2 Å². The Morgan fingerprint density at radius 1 is 1.10 bits per heavy atom. The number of amides is 2. The van der Waals surface area contributed by atoms with Crippen molar-refractivity contribution in [3.63, 3.8) is 0 Å². The molecular weight excluding hydrogens is 408 g/mol. The Morgan fingerprint density at radius 3 is 2.48 bits per heavy atom. The molecule has 0 saturated carbocycles. The van der Waals surface area contributed by atoms with Crippen molar-refractivity contribution >= 4 is 40.9 Å². The molecule has 1 aliphatic heterocycles. The summed E-state index contributed by atoms with van der Waals surface area (Å²) in [6.45, 7) is 5.96. The molecule has 1 aromatic carbocycles. The van der Waals surface area contributed by atoms with Gasteiger partial charge in [-0.3, -0.25) is 19.8 Å². The molecule has 1 saturated heterocycles. The van der Waals surface area contributed by atoms with Gasteiger partial charge in [0.15, 0.2) is 5.11 Å². The van der Waals surface area contributed by atoms with Crippen molar-refractivity contribution in [2.24, 2.45) is 0 Å². The van der Waals surface area contributed by atoms with Crippen molar-refractivity contribution in [1.82, 2.24) is 14.9 Å². The topological polar surface area (TPSA) is 67.2 Å². The van der Waals surface area contributed by atoms with Crippen LogP contribution in [0.25, 0.3) is 11.9 Å². The van der Waals surface area contributed by atoms with Crippen LogP contribution < -0.4 is 10.2 Å². The summed E-state index contributed by atoms with van der Waals surface area (Å²) in [7, 11) is 0. The van der Waals surface area contributed by atoms with E-state index in [-0.39, 0.29) is 10.7 Å². The summed E-state index contributed by atoms with van der Waals surface area (Å²) in [6.07, 6.45) is 4.24. The van der Waals surface area contributed by atoms with Crippen LogP contribution in [0.2, 0.25) is 0 Å². The normalized spacial score (nSPS) is 15.5. The number of hydrogen-bond acceptors (Lipinski definition) is 4. The summed E-state index contributed by atoms with van der Waals surface area (Å²) in [5, 5.41) is 2.72. The van der Waals surface area contributed by atoms with Gasteiger partial charge in [0.25, 0.3) is 11.8 Å². The highest BCUT2D eigenvalue weighted by molar-refractivity contribution is 7.80. The quantitative estimate of drug-likeness (QED) is 0.388. The van der Waals surface area contributed by atoms with E-state index >= 15 is 0 Å². The number of anilines is 1. The Bertz CT molecular complexity index is 1210. The molecule has 2 amide bonds. The summed E-state index contributed by atoms with van der Waals surface area (Å²) in [5.74, 6) is -0.167. The Hall–Kier alpha value is -3.58. The first kappa shape index (κ1) is 20.7. The lowest BCUT2D eigenvalue weighted by molar-refractivity contribution is -0.122. The van der Waals surface area contributed by atoms with Crippen LogP contribution in [0.3, 0.4) is 0 Å². The Balaban J connectivity index is 1.74. The van der Waals surface area contributed by atoms with Gasteiger partial charge >= 0.3 is 0 Å². The fourth-order valence-corrected chi connectivity index (χ4v) is 3.98. The molecular formula is C24H22N4O2S. The lowest BCUT2D eigenvalue weighted by atomic mass is 10.1. The molecule has 31 heavy (non-hydrogen) atoms. The molecule has 7 heteroatoms. The van der Waals surface area contributed by atoms with Gasteiger partial charge < -0.3 is 4.57 Å². The number of benzene rings is 1. The molecule has 6 nitrogen and oxygen atoms in total. The molecule has 156 valence electrons. The molecule has 0 aliphatic carbocycles. The molecule has 3 aromatic rings. The minimum atomic E-state index is -0.501. The number of rotatable bonds is 4. The first-order valence-electron chi connectivity index (χ1n) is 10.0. The van der Waals surface area contributed by atoms with Gasteiger partial charge in [-0.1, -0.05) is 25.1 Å². The summed E-state index contributed by atoms with van der Waals surface area (Å²) in [5.41, 5.74) is 4.42. The van der Waals surface area contributed by atoms with E-state index in [0.717, 1.165) is 34.8 Å². The number of carbonyl (C=O) groups is 2. The summed E-state index contributed by atoms with van der Waals surface area (Å²) >= 11 is 5.29.